The number of rotatable bonds is 5. The molecule has 1 aliphatic rings. The molecule has 0 radical (unpaired) electrons. The number of thiophene rings is 1. The second kappa shape index (κ2) is 5.76. The van der Waals surface area contributed by atoms with Crippen LogP contribution < -0.4 is 9.46 Å². The number of aliphatic hydroxyl groups excluding tert-OH is 1. The number of benzene rings is 1. The van der Waals surface area contributed by atoms with E-state index in [2.05, 4.69) is 4.72 Å². The maximum atomic E-state index is 12.4. The van der Waals surface area contributed by atoms with Crippen LogP contribution in [0.4, 0.5) is 0 Å². The van der Waals surface area contributed by atoms with Crippen LogP contribution in [0.15, 0.2) is 40.6 Å². The van der Waals surface area contributed by atoms with Crippen LogP contribution in [0.5, 0.6) is 5.75 Å². The molecular formula is C14H15NO4S2. The van der Waals surface area contributed by atoms with Crippen LogP contribution in [-0.4, -0.2) is 26.7 Å². The summed E-state index contributed by atoms with van der Waals surface area (Å²) in [6, 6.07) is 10.3. The fraction of sp³-hybridized carbons (Fsp3) is 0.286. The molecule has 0 spiro atoms. The molecule has 2 heterocycles. The van der Waals surface area contributed by atoms with Crippen molar-refractivity contribution in [2.24, 2.45) is 0 Å². The summed E-state index contributed by atoms with van der Waals surface area (Å²) in [5.41, 5.74) is 0.855. The first kappa shape index (κ1) is 14.5. The van der Waals surface area contributed by atoms with Gasteiger partial charge in [-0.2, -0.15) is 4.72 Å². The number of nitrogens with one attached hydrogen (secondary N) is 1. The monoisotopic (exact) mass is 325 g/mol. The third-order valence-corrected chi connectivity index (χ3v) is 6.37. The number of para-hydroxylation sites is 1. The zero-order chi connectivity index (χ0) is 14.9. The van der Waals surface area contributed by atoms with Crippen LogP contribution in [0, 0.1) is 0 Å². The Morgan fingerprint density at radius 3 is 2.90 bits per heavy atom. The van der Waals surface area contributed by atoms with E-state index in [1.807, 2.05) is 24.3 Å². The van der Waals surface area contributed by atoms with Gasteiger partial charge in [0, 0.05) is 23.5 Å². The molecule has 0 fully saturated rings. The van der Waals surface area contributed by atoms with E-state index in [1.54, 1.807) is 12.1 Å². The second-order valence-corrected chi connectivity index (χ2v) is 7.83. The molecule has 1 atom stereocenters. The Hall–Kier alpha value is -1.41. The first-order valence-corrected chi connectivity index (χ1v) is 8.84. The third-order valence-electron chi connectivity index (χ3n) is 3.26. The molecular weight excluding hydrogens is 310 g/mol. The summed E-state index contributed by atoms with van der Waals surface area (Å²) in [5, 5.41) is 8.90. The molecule has 7 heteroatoms. The van der Waals surface area contributed by atoms with E-state index >= 15 is 0 Å². The predicted molar refractivity (Wildman–Crippen MR) is 80.1 cm³/mol. The van der Waals surface area contributed by atoms with Crippen molar-refractivity contribution in [3.63, 3.8) is 0 Å². The Morgan fingerprint density at radius 1 is 1.29 bits per heavy atom. The zero-order valence-electron chi connectivity index (χ0n) is 11.2. The third kappa shape index (κ3) is 2.96. The molecule has 1 aromatic heterocycles. The van der Waals surface area contributed by atoms with Crippen molar-refractivity contribution in [1.82, 2.24) is 4.72 Å². The Labute approximate surface area is 127 Å². The molecule has 0 aliphatic carbocycles. The summed E-state index contributed by atoms with van der Waals surface area (Å²) >= 11 is 1.18. The molecule has 3 rings (SSSR count). The van der Waals surface area contributed by atoms with E-state index in [0.29, 0.717) is 13.0 Å². The fourth-order valence-electron chi connectivity index (χ4n) is 2.25. The Balaban J connectivity index is 1.80. The zero-order valence-corrected chi connectivity index (χ0v) is 12.8. The SMILES string of the molecule is O=S(=O)(NC1COc2ccccc21)c1ccc(CCO)s1. The van der Waals surface area contributed by atoms with E-state index < -0.39 is 10.0 Å². The molecule has 1 aromatic carbocycles. The van der Waals surface area contributed by atoms with Gasteiger partial charge in [-0.25, -0.2) is 8.42 Å². The molecule has 0 saturated carbocycles. The second-order valence-electron chi connectivity index (χ2n) is 4.72. The van der Waals surface area contributed by atoms with Crippen molar-refractivity contribution in [2.45, 2.75) is 16.7 Å². The van der Waals surface area contributed by atoms with Gasteiger partial charge in [-0.3, -0.25) is 0 Å². The minimum absolute atomic E-state index is 0.0112. The predicted octanol–water partition coefficient (Wildman–Crippen LogP) is 1.69. The normalized spacial score (nSPS) is 17.5. The van der Waals surface area contributed by atoms with E-state index in [1.165, 1.54) is 11.3 Å². The number of hydrogen-bond acceptors (Lipinski definition) is 5. The number of ether oxygens (including phenoxy) is 1. The van der Waals surface area contributed by atoms with Gasteiger partial charge in [0.1, 0.15) is 16.6 Å². The van der Waals surface area contributed by atoms with E-state index in [0.717, 1.165) is 16.2 Å². The molecule has 2 aromatic rings. The molecule has 1 aliphatic heterocycles. The van der Waals surface area contributed by atoms with E-state index in [9.17, 15) is 8.42 Å². The summed E-state index contributed by atoms with van der Waals surface area (Å²) in [4.78, 5) is 0.848. The van der Waals surface area contributed by atoms with Gasteiger partial charge in [0.25, 0.3) is 10.0 Å². The van der Waals surface area contributed by atoms with Crippen LogP contribution in [0.1, 0.15) is 16.5 Å². The number of fused-ring (bicyclic) bond motifs is 1. The van der Waals surface area contributed by atoms with Crippen molar-refractivity contribution in [1.29, 1.82) is 0 Å². The molecule has 2 N–H and O–H groups in total. The lowest BCUT2D eigenvalue weighted by molar-refractivity contribution is 0.300. The summed E-state index contributed by atoms with van der Waals surface area (Å²) in [7, 11) is -3.58. The average Bonchev–Trinajstić information content (AvgIpc) is 3.07. The molecule has 0 amide bonds. The van der Waals surface area contributed by atoms with Crippen molar-refractivity contribution < 1.29 is 18.3 Å². The fourth-order valence-corrected chi connectivity index (χ4v) is 4.81. The van der Waals surface area contributed by atoms with Crippen LogP contribution >= 0.6 is 11.3 Å². The smallest absolute Gasteiger partial charge is 0.250 e. The summed E-state index contributed by atoms with van der Waals surface area (Å²) in [6.07, 6.45) is 0.468. The highest BCUT2D eigenvalue weighted by atomic mass is 32.2. The first-order chi connectivity index (χ1) is 10.1. The molecule has 1 unspecified atom stereocenters. The highest BCUT2D eigenvalue weighted by Gasteiger charge is 2.29. The summed E-state index contributed by atoms with van der Waals surface area (Å²) in [5.74, 6) is 0.720. The Kier molecular flexibility index (Phi) is 3.99. The van der Waals surface area contributed by atoms with Crippen LogP contribution in [0.25, 0.3) is 0 Å². The molecule has 112 valence electrons. The van der Waals surface area contributed by atoms with Gasteiger partial charge >= 0.3 is 0 Å². The first-order valence-electron chi connectivity index (χ1n) is 6.54. The van der Waals surface area contributed by atoms with Crippen LogP contribution in [0.2, 0.25) is 0 Å². The maximum absolute atomic E-state index is 12.4. The van der Waals surface area contributed by atoms with Crippen molar-refractivity contribution >= 4 is 21.4 Å². The maximum Gasteiger partial charge on any atom is 0.250 e. The van der Waals surface area contributed by atoms with Crippen LogP contribution in [-0.2, 0) is 16.4 Å². The quantitative estimate of drug-likeness (QED) is 0.877. The molecule has 0 saturated heterocycles. The van der Waals surface area contributed by atoms with Gasteiger partial charge in [0.15, 0.2) is 0 Å². The molecule has 5 nitrogen and oxygen atoms in total. The highest BCUT2D eigenvalue weighted by Crippen LogP contribution is 2.33. The van der Waals surface area contributed by atoms with Crippen molar-refractivity contribution in [3.8, 4) is 5.75 Å². The number of aliphatic hydroxyl groups is 1. The van der Waals surface area contributed by atoms with Gasteiger partial charge in [-0.05, 0) is 18.2 Å². The lowest BCUT2D eigenvalue weighted by atomic mass is 10.1. The molecule has 21 heavy (non-hydrogen) atoms. The standard InChI is InChI=1S/C14H15NO4S2/c16-8-7-10-5-6-14(20-10)21(17,18)15-12-9-19-13-4-2-1-3-11(12)13/h1-6,12,15-16H,7-9H2. The van der Waals surface area contributed by atoms with Crippen LogP contribution in [0.3, 0.4) is 0 Å². The lowest BCUT2D eigenvalue weighted by Gasteiger charge is -2.11. The Morgan fingerprint density at radius 2 is 2.10 bits per heavy atom. The minimum Gasteiger partial charge on any atom is -0.491 e. The van der Waals surface area contributed by atoms with Gasteiger partial charge < -0.3 is 9.84 Å². The van der Waals surface area contributed by atoms with Crippen molar-refractivity contribution in [3.05, 3.63) is 46.8 Å². The topological polar surface area (TPSA) is 75.6 Å². The summed E-state index contributed by atoms with van der Waals surface area (Å²) < 4.78 is 33.2. The lowest BCUT2D eigenvalue weighted by Crippen LogP contribution is -2.29. The average molecular weight is 325 g/mol. The van der Waals surface area contributed by atoms with Gasteiger partial charge in [-0.1, -0.05) is 18.2 Å². The van der Waals surface area contributed by atoms with Gasteiger partial charge in [-0.15, -0.1) is 11.3 Å². The van der Waals surface area contributed by atoms with Gasteiger partial charge in [0.05, 0.1) is 6.04 Å². The summed E-state index contributed by atoms with van der Waals surface area (Å²) in [6.45, 7) is 0.310. The minimum atomic E-state index is -3.58. The van der Waals surface area contributed by atoms with E-state index in [-0.39, 0.29) is 16.9 Å². The largest absolute Gasteiger partial charge is 0.491 e. The van der Waals surface area contributed by atoms with Gasteiger partial charge in [0.2, 0.25) is 0 Å². The Bertz CT molecular complexity index is 739. The number of sulfonamides is 1. The van der Waals surface area contributed by atoms with E-state index in [4.69, 9.17) is 9.84 Å². The highest BCUT2D eigenvalue weighted by molar-refractivity contribution is 7.91. The molecule has 0 bridgehead atoms. The number of hydrogen-bond donors (Lipinski definition) is 2. The van der Waals surface area contributed by atoms with Crippen molar-refractivity contribution in [2.75, 3.05) is 13.2 Å².